The van der Waals surface area contributed by atoms with E-state index in [1.165, 1.54) is 0 Å². The van der Waals surface area contributed by atoms with Crippen LogP contribution < -0.4 is 10.5 Å². The van der Waals surface area contributed by atoms with Crippen molar-refractivity contribution in [1.29, 1.82) is 0 Å². The molecule has 0 aliphatic heterocycles. The number of hydrogen-bond acceptors (Lipinski definition) is 4. The molecule has 2 rings (SSSR count). The first-order valence-corrected chi connectivity index (χ1v) is 8.90. The van der Waals surface area contributed by atoms with Gasteiger partial charge in [0.2, 0.25) is 15.8 Å². The highest BCUT2D eigenvalue weighted by atomic mass is 32.2. The van der Waals surface area contributed by atoms with Gasteiger partial charge in [-0.3, -0.25) is 9.59 Å². The zero-order valence-electron chi connectivity index (χ0n) is 12.2. The molecule has 1 unspecified atom stereocenters. The van der Waals surface area contributed by atoms with Gasteiger partial charge in [0.25, 0.3) is 5.91 Å². The summed E-state index contributed by atoms with van der Waals surface area (Å²) in [5.41, 5.74) is 5.62. The molecule has 1 aliphatic rings. The fourth-order valence-electron chi connectivity index (χ4n) is 2.28. The van der Waals surface area contributed by atoms with Crippen LogP contribution in [0.15, 0.2) is 30.3 Å². The van der Waals surface area contributed by atoms with E-state index in [1.807, 2.05) is 0 Å². The Morgan fingerprint density at radius 1 is 1.23 bits per heavy atom. The van der Waals surface area contributed by atoms with E-state index in [9.17, 15) is 18.0 Å². The van der Waals surface area contributed by atoms with Crippen molar-refractivity contribution < 1.29 is 18.0 Å². The van der Waals surface area contributed by atoms with Gasteiger partial charge < -0.3 is 5.73 Å². The van der Waals surface area contributed by atoms with E-state index in [-0.39, 0.29) is 5.75 Å². The van der Waals surface area contributed by atoms with E-state index in [1.54, 1.807) is 30.3 Å². The van der Waals surface area contributed by atoms with Gasteiger partial charge in [-0.05, 0) is 24.3 Å². The van der Waals surface area contributed by atoms with Crippen LogP contribution in [0.1, 0.15) is 31.2 Å². The Morgan fingerprint density at radius 3 is 2.41 bits per heavy atom. The van der Waals surface area contributed by atoms with Crippen molar-refractivity contribution in [1.82, 2.24) is 4.72 Å². The number of carbonyl (C=O) groups is 2. The van der Waals surface area contributed by atoms with E-state index < -0.39 is 27.8 Å². The van der Waals surface area contributed by atoms with Crippen LogP contribution in [0.25, 0.3) is 0 Å². The maximum atomic E-state index is 12.2. The molecule has 1 saturated carbocycles. The molecule has 1 aromatic carbocycles. The van der Waals surface area contributed by atoms with Crippen molar-refractivity contribution in [2.24, 2.45) is 11.7 Å². The second kappa shape index (κ2) is 7.02. The molecule has 0 radical (unpaired) electrons. The standard InChI is InChI=1S/C15H20N2O4S/c16-15(19)14(18)13(9-8-11-6-7-11)17-22(20,21)10-12-4-2-1-3-5-12/h1-5,11,13,17H,6-10H2,(H2,16,19). The van der Waals surface area contributed by atoms with Gasteiger partial charge >= 0.3 is 0 Å². The van der Waals surface area contributed by atoms with Crippen LogP contribution in [0, 0.1) is 5.92 Å². The Balaban J connectivity index is 2.03. The maximum Gasteiger partial charge on any atom is 0.286 e. The summed E-state index contributed by atoms with van der Waals surface area (Å²) < 4.78 is 26.7. The number of hydrogen-bond donors (Lipinski definition) is 2. The SMILES string of the molecule is NC(=O)C(=O)C(CCC1CC1)NS(=O)(=O)Cc1ccccc1. The van der Waals surface area contributed by atoms with Gasteiger partial charge in [0.15, 0.2) is 0 Å². The fourth-order valence-corrected chi connectivity index (χ4v) is 3.65. The lowest BCUT2D eigenvalue weighted by molar-refractivity contribution is -0.137. The van der Waals surface area contributed by atoms with Crippen LogP contribution in [0.2, 0.25) is 0 Å². The van der Waals surface area contributed by atoms with Crippen molar-refractivity contribution in [2.45, 2.75) is 37.5 Å². The van der Waals surface area contributed by atoms with Crippen LogP contribution >= 0.6 is 0 Å². The van der Waals surface area contributed by atoms with Crippen molar-refractivity contribution in [2.75, 3.05) is 0 Å². The molecule has 1 aromatic rings. The Morgan fingerprint density at radius 2 is 1.86 bits per heavy atom. The fraction of sp³-hybridized carbons (Fsp3) is 0.467. The lowest BCUT2D eigenvalue weighted by Gasteiger charge is -2.16. The zero-order valence-corrected chi connectivity index (χ0v) is 13.0. The summed E-state index contributed by atoms with van der Waals surface area (Å²) in [7, 11) is -3.72. The van der Waals surface area contributed by atoms with Gasteiger partial charge in [0, 0.05) is 0 Å². The molecule has 3 N–H and O–H groups in total. The molecule has 6 nitrogen and oxygen atoms in total. The molecule has 0 saturated heterocycles. The molecule has 1 aliphatic carbocycles. The average molecular weight is 324 g/mol. The number of carbonyl (C=O) groups excluding carboxylic acids is 2. The highest BCUT2D eigenvalue weighted by Gasteiger charge is 2.30. The first kappa shape index (κ1) is 16.6. The molecular weight excluding hydrogens is 304 g/mol. The predicted molar refractivity (Wildman–Crippen MR) is 82.1 cm³/mol. The summed E-state index contributed by atoms with van der Waals surface area (Å²) >= 11 is 0. The molecule has 120 valence electrons. The monoisotopic (exact) mass is 324 g/mol. The lowest BCUT2D eigenvalue weighted by atomic mass is 10.1. The van der Waals surface area contributed by atoms with Crippen molar-refractivity contribution in [3.8, 4) is 0 Å². The number of benzene rings is 1. The number of ketones is 1. The minimum atomic E-state index is -3.72. The second-order valence-corrected chi connectivity index (χ2v) is 7.42. The molecule has 0 spiro atoms. The summed E-state index contributed by atoms with van der Waals surface area (Å²) in [6.45, 7) is 0. The normalized spacial score (nSPS) is 16.2. The van der Waals surface area contributed by atoms with Crippen LogP contribution in [0.3, 0.4) is 0 Å². The molecular formula is C15H20N2O4S. The first-order chi connectivity index (χ1) is 10.4. The van der Waals surface area contributed by atoms with E-state index in [4.69, 9.17) is 5.73 Å². The highest BCUT2D eigenvalue weighted by molar-refractivity contribution is 7.88. The summed E-state index contributed by atoms with van der Waals surface area (Å²) in [4.78, 5) is 22.9. The molecule has 1 atom stereocenters. The third kappa shape index (κ3) is 5.23. The van der Waals surface area contributed by atoms with Crippen LogP contribution in [0.4, 0.5) is 0 Å². The number of nitrogens with one attached hydrogen (secondary N) is 1. The number of rotatable bonds is 9. The predicted octanol–water partition coefficient (Wildman–Crippen LogP) is 0.719. The minimum absolute atomic E-state index is 0.236. The number of Topliss-reactive ketones (excluding diaryl/α,β-unsaturated/α-hetero) is 1. The summed E-state index contributed by atoms with van der Waals surface area (Å²) in [5.74, 6) is -1.69. The largest absolute Gasteiger partial charge is 0.363 e. The minimum Gasteiger partial charge on any atom is -0.363 e. The average Bonchev–Trinajstić information content (AvgIpc) is 3.27. The topological polar surface area (TPSA) is 106 Å². The maximum absolute atomic E-state index is 12.2. The summed E-state index contributed by atoms with van der Waals surface area (Å²) in [6.07, 6.45) is 3.21. The molecule has 0 bridgehead atoms. The van der Waals surface area contributed by atoms with Gasteiger partial charge in [-0.25, -0.2) is 13.1 Å². The third-order valence-electron chi connectivity index (χ3n) is 3.64. The van der Waals surface area contributed by atoms with Gasteiger partial charge in [0.05, 0.1) is 11.8 Å². The van der Waals surface area contributed by atoms with Crippen molar-refractivity contribution in [3.63, 3.8) is 0 Å². The van der Waals surface area contributed by atoms with Gasteiger partial charge in [-0.1, -0.05) is 43.2 Å². The molecule has 0 heterocycles. The number of sulfonamides is 1. The molecule has 0 aromatic heterocycles. The summed E-state index contributed by atoms with van der Waals surface area (Å²) in [5, 5.41) is 0. The van der Waals surface area contributed by atoms with E-state index >= 15 is 0 Å². The molecule has 1 fully saturated rings. The van der Waals surface area contributed by atoms with Crippen LogP contribution in [0.5, 0.6) is 0 Å². The Bertz CT molecular complexity index is 639. The van der Waals surface area contributed by atoms with E-state index in [0.717, 1.165) is 19.3 Å². The number of primary amides is 1. The van der Waals surface area contributed by atoms with Crippen LogP contribution in [-0.4, -0.2) is 26.2 Å². The second-order valence-electron chi connectivity index (χ2n) is 5.66. The van der Waals surface area contributed by atoms with Gasteiger partial charge in [-0.15, -0.1) is 0 Å². The number of amides is 1. The summed E-state index contributed by atoms with van der Waals surface area (Å²) in [6, 6.07) is 7.58. The molecule has 1 amide bonds. The van der Waals surface area contributed by atoms with Crippen LogP contribution in [-0.2, 0) is 25.4 Å². The smallest absolute Gasteiger partial charge is 0.286 e. The molecule has 22 heavy (non-hydrogen) atoms. The quantitative estimate of drug-likeness (QED) is 0.653. The van der Waals surface area contributed by atoms with E-state index in [0.29, 0.717) is 17.9 Å². The zero-order chi connectivity index (χ0) is 16.2. The van der Waals surface area contributed by atoms with Gasteiger partial charge in [-0.2, -0.15) is 0 Å². The Hall–Kier alpha value is -1.73. The number of nitrogens with two attached hydrogens (primary N) is 1. The first-order valence-electron chi connectivity index (χ1n) is 7.25. The third-order valence-corrected chi connectivity index (χ3v) is 5.00. The Labute approximate surface area is 130 Å². The lowest BCUT2D eigenvalue weighted by Crippen LogP contribution is -2.46. The Kier molecular flexibility index (Phi) is 5.31. The highest BCUT2D eigenvalue weighted by Crippen LogP contribution is 2.34. The molecule has 7 heteroatoms. The van der Waals surface area contributed by atoms with E-state index in [2.05, 4.69) is 4.72 Å². The van der Waals surface area contributed by atoms with Crippen molar-refractivity contribution >= 4 is 21.7 Å². The van der Waals surface area contributed by atoms with Gasteiger partial charge in [0.1, 0.15) is 0 Å². The van der Waals surface area contributed by atoms with Crippen molar-refractivity contribution in [3.05, 3.63) is 35.9 Å².